The van der Waals surface area contributed by atoms with Crippen molar-refractivity contribution in [2.45, 2.75) is 39.9 Å². The third-order valence-electron chi connectivity index (χ3n) is 3.78. The van der Waals surface area contributed by atoms with E-state index in [1.54, 1.807) is 0 Å². The van der Waals surface area contributed by atoms with Crippen molar-refractivity contribution in [1.29, 1.82) is 0 Å². The average Bonchev–Trinajstić information content (AvgIpc) is 2.49. The molecule has 0 amide bonds. The van der Waals surface area contributed by atoms with E-state index in [0.29, 0.717) is 37.4 Å². The SMILES string of the molecule is CC(C)C(CCl)Cc1ccc(CO)c(COCCCO)c1. The van der Waals surface area contributed by atoms with Gasteiger partial charge in [-0.25, -0.2) is 0 Å². The second kappa shape index (κ2) is 10.2. The molecule has 120 valence electrons. The first-order valence-electron chi connectivity index (χ1n) is 7.58. The van der Waals surface area contributed by atoms with Crippen LogP contribution in [0, 0.1) is 11.8 Å². The molecule has 0 spiro atoms. The van der Waals surface area contributed by atoms with Gasteiger partial charge in [-0.15, -0.1) is 11.6 Å². The van der Waals surface area contributed by atoms with E-state index in [1.807, 2.05) is 6.07 Å². The van der Waals surface area contributed by atoms with Gasteiger partial charge in [-0.05, 0) is 41.4 Å². The molecule has 0 heterocycles. The van der Waals surface area contributed by atoms with Gasteiger partial charge in [-0.1, -0.05) is 32.0 Å². The Kier molecular flexibility index (Phi) is 8.93. The zero-order chi connectivity index (χ0) is 15.7. The number of ether oxygens (including phenoxy) is 1. The van der Waals surface area contributed by atoms with E-state index >= 15 is 0 Å². The summed E-state index contributed by atoms with van der Waals surface area (Å²) >= 11 is 6.04. The second-order valence-electron chi connectivity index (χ2n) is 5.75. The highest BCUT2D eigenvalue weighted by atomic mass is 35.5. The highest BCUT2D eigenvalue weighted by Crippen LogP contribution is 2.21. The van der Waals surface area contributed by atoms with Crippen molar-refractivity contribution >= 4 is 11.6 Å². The zero-order valence-electron chi connectivity index (χ0n) is 13.0. The predicted molar refractivity (Wildman–Crippen MR) is 86.5 cm³/mol. The number of halogens is 1. The lowest BCUT2D eigenvalue weighted by atomic mass is 9.90. The summed E-state index contributed by atoms with van der Waals surface area (Å²) in [4.78, 5) is 0. The third kappa shape index (κ3) is 6.35. The fourth-order valence-electron chi connectivity index (χ4n) is 2.21. The Balaban J connectivity index is 2.74. The lowest BCUT2D eigenvalue weighted by Crippen LogP contribution is -2.14. The van der Waals surface area contributed by atoms with Crippen LogP contribution in [0.1, 0.15) is 37.0 Å². The summed E-state index contributed by atoms with van der Waals surface area (Å²) in [6, 6.07) is 6.13. The van der Waals surface area contributed by atoms with E-state index in [4.69, 9.17) is 21.4 Å². The normalized spacial score (nSPS) is 12.9. The Morgan fingerprint density at radius 2 is 1.95 bits per heavy atom. The van der Waals surface area contributed by atoms with E-state index in [1.165, 1.54) is 5.56 Å². The van der Waals surface area contributed by atoms with Crippen LogP contribution in [0.25, 0.3) is 0 Å². The van der Waals surface area contributed by atoms with Gasteiger partial charge in [0.05, 0.1) is 13.2 Å². The minimum atomic E-state index is 0.0160. The Bertz CT molecular complexity index is 407. The molecule has 0 aliphatic carbocycles. The summed E-state index contributed by atoms with van der Waals surface area (Å²) in [6.07, 6.45) is 1.58. The maximum atomic E-state index is 9.41. The summed E-state index contributed by atoms with van der Waals surface area (Å²) in [5, 5.41) is 18.2. The Morgan fingerprint density at radius 3 is 2.52 bits per heavy atom. The van der Waals surface area contributed by atoms with Crippen molar-refractivity contribution < 1.29 is 14.9 Å². The molecule has 0 fully saturated rings. The number of alkyl halides is 1. The highest BCUT2D eigenvalue weighted by molar-refractivity contribution is 6.18. The van der Waals surface area contributed by atoms with Gasteiger partial charge in [0.15, 0.2) is 0 Å². The first-order valence-corrected chi connectivity index (χ1v) is 8.11. The van der Waals surface area contributed by atoms with E-state index in [-0.39, 0.29) is 13.2 Å². The van der Waals surface area contributed by atoms with Crippen LogP contribution >= 0.6 is 11.6 Å². The summed E-state index contributed by atoms with van der Waals surface area (Å²) < 4.78 is 5.54. The molecule has 3 nitrogen and oxygen atoms in total. The molecule has 1 atom stereocenters. The molecular formula is C17H27ClO3. The highest BCUT2D eigenvalue weighted by Gasteiger charge is 2.14. The Hall–Kier alpha value is -0.610. The molecular weight excluding hydrogens is 288 g/mol. The van der Waals surface area contributed by atoms with Crippen LogP contribution in [0.2, 0.25) is 0 Å². The first kappa shape index (κ1) is 18.4. The molecule has 0 aliphatic rings. The predicted octanol–water partition coefficient (Wildman–Crippen LogP) is 3.13. The standard InChI is InChI=1S/C17H27ClO3/c1-13(2)16(10-18)8-14-4-5-15(11-20)17(9-14)12-21-7-3-6-19/h4-5,9,13,16,19-20H,3,6-8,10-12H2,1-2H3. The lowest BCUT2D eigenvalue weighted by molar-refractivity contribution is 0.103. The molecule has 1 aromatic rings. The number of rotatable bonds is 10. The molecule has 1 unspecified atom stereocenters. The quantitative estimate of drug-likeness (QED) is 0.515. The summed E-state index contributed by atoms with van der Waals surface area (Å²) in [6.45, 7) is 5.53. The van der Waals surface area contributed by atoms with Gasteiger partial charge in [0, 0.05) is 19.1 Å². The van der Waals surface area contributed by atoms with Gasteiger partial charge in [0.25, 0.3) is 0 Å². The second-order valence-corrected chi connectivity index (χ2v) is 6.06. The van der Waals surface area contributed by atoms with Crippen LogP contribution in [-0.2, 0) is 24.4 Å². The molecule has 2 N–H and O–H groups in total. The van der Waals surface area contributed by atoms with Crippen LogP contribution in [-0.4, -0.2) is 29.3 Å². The van der Waals surface area contributed by atoms with E-state index < -0.39 is 0 Å². The van der Waals surface area contributed by atoms with Crippen LogP contribution in [0.5, 0.6) is 0 Å². The summed E-state index contributed by atoms with van der Waals surface area (Å²) in [5.41, 5.74) is 3.15. The van der Waals surface area contributed by atoms with Crippen molar-refractivity contribution in [2.24, 2.45) is 11.8 Å². The van der Waals surface area contributed by atoms with Crippen molar-refractivity contribution in [3.63, 3.8) is 0 Å². The third-order valence-corrected chi connectivity index (χ3v) is 4.18. The summed E-state index contributed by atoms with van der Waals surface area (Å²) in [5.74, 6) is 1.65. The maximum Gasteiger partial charge on any atom is 0.0720 e. The largest absolute Gasteiger partial charge is 0.396 e. The number of benzene rings is 1. The molecule has 0 bridgehead atoms. The average molecular weight is 315 g/mol. The van der Waals surface area contributed by atoms with Crippen molar-refractivity contribution in [2.75, 3.05) is 19.1 Å². The van der Waals surface area contributed by atoms with Gasteiger partial charge < -0.3 is 14.9 Å². The number of aliphatic hydroxyl groups is 2. The van der Waals surface area contributed by atoms with Crippen molar-refractivity contribution in [1.82, 2.24) is 0 Å². The first-order chi connectivity index (χ1) is 10.1. The van der Waals surface area contributed by atoms with Crippen molar-refractivity contribution in [3.05, 3.63) is 34.9 Å². The topological polar surface area (TPSA) is 49.7 Å². The zero-order valence-corrected chi connectivity index (χ0v) is 13.8. The molecule has 0 aromatic heterocycles. The van der Waals surface area contributed by atoms with Gasteiger partial charge in [-0.3, -0.25) is 0 Å². The molecule has 21 heavy (non-hydrogen) atoms. The lowest BCUT2D eigenvalue weighted by Gasteiger charge is -2.19. The van der Waals surface area contributed by atoms with Gasteiger partial charge in [0.1, 0.15) is 0 Å². The van der Waals surface area contributed by atoms with Crippen LogP contribution in [0.4, 0.5) is 0 Å². The van der Waals surface area contributed by atoms with Gasteiger partial charge >= 0.3 is 0 Å². The van der Waals surface area contributed by atoms with Gasteiger partial charge in [0.2, 0.25) is 0 Å². The number of hydrogen-bond acceptors (Lipinski definition) is 3. The fourth-order valence-corrected chi connectivity index (χ4v) is 2.68. The fraction of sp³-hybridized carbons (Fsp3) is 0.647. The summed E-state index contributed by atoms with van der Waals surface area (Å²) in [7, 11) is 0. The maximum absolute atomic E-state index is 9.41. The van der Waals surface area contributed by atoms with E-state index in [0.717, 1.165) is 17.5 Å². The molecule has 0 aliphatic heterocycles. The number of aliphatic hydroxyl groups excluding tert-OH is 2. The molecule has 1 rings (SSSR count). The molecule has 0 saturated heterocycles. The van der Waals surface area contributed by atoms with Crippen LogP contribution in [0.15, 0.2) is 18.2 Å². The molecule has 0 radical (unpaired) electrons. The van der Waals surface area contributed by atoms with Crippen LogP contribution < -0.4 is 0 Å². The minimum Gasteiger partial charge on any atom is -0.396 e. The Labute approximate surface area is 132 Å². The van der Waals surface area contributed by atoms with Crippen molar-refractivity contribution in [3.8, 4) is 0 Å². The molecule has 4 heteroatoms. The monoisotopic (exact) mass is 314 g/mol. The van der Waals surface area contributed by atoms with Gasteiger partial charge in [-0.2, -0.15) is 0 Å². The minimum absolute atomic E-state index is 0.0160. The molecule has 1 aromatic carbocycles. The van der Waals surface area contributed by atoms with E-state index in [2.05, 4.69) is 26.0 Å². The van der Waals surface area contributed by atoms with Crippen LogP contribution in [0.3, 0.4) is 0 Å². The molecule has 0 saturated carbocycles. The Morgan fingerprint density at radius 1 is 1.19 bits per heavy atom. The number of hydrogen-bond donors (Lipinski definition) is 2. The van der Waals surface area contributed by atoms with E-state index in [9.17, 15) is 5.11 Å². The smallest absolute Gasteiger partial charge is 0.0720 e.